The van der Waals surface area contributed by atoms with Crippen LogP contribution in [0.1, 0.15) is 12.5 Å². The van der Waals surface area contributed by atoms with E-state index in [9.17, 15) is 0 Å². The van der Waals surface area contributed by atoms with Gasteiger partial charge in [-0.2, -0.15) is 10.1 Å². The first kappa shape index (κ1) is 21.7. The molecule has 2 aliphatic rings. The third kappa shape index (κ3) is 4.26. The zero-order valence-electron chi connectivity index (χ0n) is 19.8. The molecule has 1 atom stereocenters. The van der Waals surface area contributed by atoms with Crippen LogP contribution >= 0.6 is 0 Å². The van der Waals surface area contributed by atoms with E-state index >= 15 is 0 Å². The number of aryl methyl sites for hydroxylation is 1. The lowest BCUT2D eigenvalue weighted by molar-refractivity contribution is 0.145. The van der Waals surface area contributed by atoms with Gasteiger partial charge in [0, 0.05) is 87.7 Å². The molecule has 0 unspecified atom stereocenters. The number of nitrogens with zero attached hydrogens (tertiary/aromatic N) is 7. The molecule has 4 heterocycles. The van der Waals surface area contributed by atoms with Crippen molar-refractivity contribution in [2.45, 2.75) is 12.3 Å². The van der Waals surface area contributed by atoms with Crippen LogP contribution in [0.4, 0.5) is 29.0 Å². The summed E-state index contributed by atoms with van der Waals surface area (Å²) < 4.78 is 7.35. The van der Waals surface area contributed by atoms with Crippen molar-refractivity contribution in [3.05, 3.63) is 48.3 Å². The molecule has 2 aliphatic heterocycles. The molecule has 1 fully saturated rings. The highest BCUT2D eigenvalue weighted by Gasteiger charge is 2.42. The molecule has 5 rings (SSSR count). The van der Waals surface area contributed by atoms with Crippen LogP contribution in [0.15, 0.2) is 42.7 Å². The molecule has 3 aromatic rings. The Morgan fingerprint density at radius 1 is 1.06 bits per heavy atom. The molecule has 0 radical (unpaired) electrons. The predicted molar refractivity (Wildman–Crippen MR) is 131 cm³/mol. The van der Waals surface area contributed by atoms with Crippen LogP contribution in [-0.4, -0.2) is 78.1 Å². The maximum atomic E-state index is 5.54. The number of rotatable bonds is 6. The number of piperazine rings is 1. The van der Waals surface area contributed by atoms with Crippen LogP contribution in [0.5, 0.6) is 0 Å². The minimum absolute atomic E-state index is 0.204. The van der Waals surface area contributed by atoms with E-state index in [4.69, 9.17) is 9.72 Å². The first-order valence-corrected chi connectivity index (χ1v) is 11.4. The number of likely N-dealkylation sites (N-methyl/N-ethyl adjacent to an activating group) is 1. The van der Waals surface area contributed by atoms with E-state index < -0.39 is 0 Å². The Hall–Kier alpha value is -3.17. The molecule has 0 bridgehead atoms. The molecule has 0 aliphatic carbocycles. The normalized spacial score (nSPS) is 20.8. The third-order valence-corrected chi connectivity index (χ3v) is 6.61. The Morgan fingerprint density at radius 2 is 1.82 bits per heavy atom. The predicted octanol–water partition coefficient (Wildman–Crippen LogP) is 2.76. The van der Waals surface area contributed by atoms with Crippen molar-refractivity contribution < 1.29 is 4.74 Å². The second-order valence-electron chi connectivity index (χ2n) is 9.32. The Kier molecular flexibility index (Phi) is 5.67. The van der Waals surface area contributed by atoms with Crippen molar-refractivity contribution in [3.8, 4) is 0 Å². The molecule has 0 amide bonds. The maximum Gasteiger partial charge on any atom is 0.229 e. The van der Waals surface area contributed by atoms with Gasteiger partial charge in [-0.1, -0.05) is 6.92 Å². The third-order valence-electron chi connectivity index (χ3n) is 6.61. The smallest absolute Gasteiger partial charge is 0.229 e. The minimum atomic E-state index is -0.204. The summed E-state index contributed by atoms with van der Waals surface area (Å²) >= 11 is 0. The largest absolute Gasteiger partial charge is 0.384 e. The van der Waals surface area contributed by atoms with Crippen LogP contribution in [0.3, 0.4) is 0 Å². The van der Waals surface area contributed by atoms with E-state index in [1.807, 2.05) is 30.2 Å². The van der Waals surface area contributed by atoms with Gasteiger partial charge in [0.25, 0.3) is 0 Å². The highest BCUT2D eigenvalue weighted by molar-refractivity contribution is 5.69. The first-order chi connectivity index (χ1) is 15.9. The summed E-state index contributed by atoms with van der Waals surface area (Å²) in [5.74, 6) is 2.32. The quantitative estimate of drug-likeness (QED) is 0.617. The molecule has 1 saturated heterocycles. The van der Waals surface area contributed by atoms with E-state index in [0.717, 1.165) is 55.6 Å². The van der Waals surface area contributed by atoms with E-state index in [2.05, 4.69) is 68.3 Å². The fourth-order valence-electron chi connectivity index (χ4n) is 4.70. The maximum absolute atomic E-state index is 5.54. The molecule has 9 nitrogen and oxygen atoms in total. The molecule has 174 valence electrons. The van der Waals surface area contributed by atoms with Crippen LogP contribution < -0.4 is 15.1 Å². The van der Waals surface area contributed by atoms with E-state index in [0.29, 0.717) is 12.6 Å². The van der Waals surface area contributed by atoms with Gasteiger partial charge in [-0.25, -0.2) is 4.98 Å². The van der Waals surface area contributed by atoms with Gasteiger partial charge >= 0.3 is 0 Å². The summed E-state index contributed by atoms with van der Waals surface area (Å²) in [4.78, 5) is 16.5. The summed E-state index contributed by atoms with van der Waals surface area (Å²) in [5.41, 5.74) is 3.09. The first-order valence-electron chi connectivity index (χ1n) is 11.4. The number of hydrogen-bond donors (Lipinski definition) is 1. The Balaban J connectivity index is 1.38. The molecular formula is C24H32N8O. The molecule has 33 heavy (non-hydrogen) atoms. The Labute approximate surface area is 195 Å². The van der Waals surface area contributed by atoms with Crippen molar-refractivity contribution in [3.63, 3.8) is 0 Å². The van der Waals surface area contributed by atoms with Gasteiger partial charge < -0.3 is 24.8 Å². The second-order valence-corrected chi connectivity index (χ2v) is 9.32. The molecule has 0 saturated carbocycles. The highest BCUT2D eigenvalue weighted by Crippen LogP contribution is 2.43. The number of aromatic nitrogens is 4. The number of anilines is 5. The van der Waals surface area contributed by atoms with Crippen molar-refractivity contribution >= 4 is 29.0 Å². The second kappa shape index (κ2) is 8.64. The number of ether oxygens (including phenoxy) is 1. The lowest BCUT2D eigenvalue weighted by atomic mass is 9.87. The zero-order valence-corrected chi connectivity index (χ0v) is 19.8. The summed E-state index contributed by atoms with van der Waals surface area (Å²) in [5, 5.41) is 7.98. The van der Waals surface area contributed by atoms with Gasteiger partial charge in [-0.15, -0.1) is 0 Å². The topological polar surface area (TPSA) is 74.6 Å². The number of hydrogen-bond acceptors (Lipinski definition) is 8. The number of benzene rings is 1. The van der Waals surface area contributed by atoms with Crippen molar-refractivity contribution in [2.75, 3.05) is 68.6 Å². The Bertz CT molecular complexity index is 1110. The van der Waals surface area contributed by atoms with Gasteiger partial charge in [-0.05, 0) is 31.3 Å². The standard InChI is InChI=1S/C24H32N8O/c1-24(17-33-4)16-32(21-9-10-30(3)28-21)22-20(24)15-25-23(27-22)26-18-5-7-19(8-6-18)31-13-11-29(2)12-14-31/h5-10,15H,11-14,16-17H2,1-4H3,(H,25,26,27)/t24-/m0/s1. The average molecular weight is 449 g/mol. The molecule has 1 N–H and O–H groups in total. The van der Waals surface area contributed by atoms with Gasteiger partial charge in [-0.3, -0.25) is 4.68 Å². The van der Waals surface area contributed by atoms with E-state index in [1.165, 1.54) is 5.69 Å². The lowest BCUT2D eigenvalue weighted by Gasteiger charge is -2.34. The van der Waals surface area contributed by atoms with Crippen LogP contribution in [-0.2, 0) is 17.2 Å². The molecule has 2 aromatic heterocycles. The van der Waals surface area contributed by atoms with E-state index in [-0.39, 0.29) is 5.41 Å². The minimum Gasteiger partial charge on any atom is -0.384 e. The Morgan fingerprint density at radius 3 is 2.48 bits per heavy atom. The fourth-order valence-corrected chi connectivity index (χ4v) is 4.70. The zero-order chi connectivity index (χ0) is 23.0. The number of fused-ring (bicyclic) bond motifs is 1. The van der Waals surface area contributed by atoms with Crippen LogP contribution in [0.2, 0.25) is 0 Å². The van der Waals surface area contributed by atoms with Crippen molar-refractivity contribution in [1.82, 2.24) is 24.6 Å². The van der Waals surface area contributed by atoms with Gasteiger partial charge in [0.2, 0.25) is 5.95 Å². The van der Waals surface area contributed by atoms with Gasteiger partial charge in [0.1, 0.15) is 5.82 Å². The average Bonchev–Trinajstić information content (AvgIpc) is 3.36. The summed E-state index contributed by atoms with van der Waals surface area (Å²) in [6.45, 7) is 7.82. The van der Waals surface area contributed by atoms with Crippen molar-refractivity contribution in [2.24, 2.45) is 7.05 Å². The fraction of sp³-hybridized carbons (Fsp3) is 0.458. The van der Waals surface area contributed by atoms with E-state index in [1.54, 1.807) is 7.11 Å². The number of nitrogens with one attached hydrogen (secondary N) is 1. The molecule has 1 aromatic carbocycles. The van der Waals surface area contributed by atoms with Gasteiger partial charge in [0.05, 0.1) is 6.61 Å². The summed E-state index contributed by atoms with van der Waals surface area (Å²) in [6, 6.07) is 10.5. The number of methoxy groups -OCH3 is 1. The molecule has 0 spiro atoms. The monoisotopic (exact) mass is 448 g/mol. The SMILES string of the molecule is COC[C@]1(C)CN(c2ccn(C)n2)c2nc(Nc3ccc(N4CCN(C)CC4)cc3)ncc21. The molecular weight excluding hydrogens is 416 g/mol. The van der Waals surface area contributed by atoms with Crippen LogP contribution in [0, 0.1) is 0 Å². The molecule has 9 heteroatoms. The van der Waals surface area contributed by atoms with Crippen molar-refractivity contribution in [1.29, 1.82) is 0 Å². The lowest BCUT2D eigenvalue weighted by Crippen LogP contribution is -2.44. The van der Waals surface area contributed by atoms with Gasteiger partial charge in [0.15, 0.2) is 5.82 Å². The van der Waals surface area contributed by atoms with Crippen LogP contribution in [0.25, 0.3) is 0 Å². The summed E-state index contributed by atoms with van der Waals surface area (Å²) in [7, 11) is 5.83. The highest BCUT2D eigenvalue weighted by atomic mass is 16.5. The summed E-state index contributed by atoms with van der Waals surface area (Å²) in [6.07, 6.45) is 3.87.